The third kappa shape index (κ3) is 2.39. The van der Waals surface area contributed by atoms with Crippen molar-refractivity contribution in [3.63, 3.8) is 0 Å². The van der Waals surface area contributed by atoms with Crippen molar-refractivity contribution in [3.05, 3.63) is 24.6 Å². The smallest absolute Gasteiger partial charge is 0.130 e. The van der Waals surface area contributed by atoms with E-state index in [0.717, 1.165) is 12.2 Å². The van der Waals surface area contributed by atoms with Gasteiger partial charge in [-0.1, -0.05) is 0 Å². The van der Waals surface area contributed by atoms with Crippen LogP contribution >= 0.6 is 0 Å². The molecule has 87 valence electrons. The average Bonchev–Trinajstić information content (AvgIpc) is 3.11. The molecular formula is C12H15O4. The Labute approximate surface area is 95.1 Å². The molecule has 4 nitrogen and oxygen atoms in total. The standard InChI is InChI=1S/C12H15O4/c1-8-11(14-3)4-9(13-2)5-12(8)16-7-10-6-15-10/h4-5,10H,1,6-7H2,2-3H3. The maximum atomic E-state index is 5.60. The second kappa shape index (κ2) is 4.61. The molecule has 1 radical (unpaired) electrons. The topological polar surface area (TPSA) is 40.2 Å². The Hall–Kier alpha value is -1.42. The number of benzene rings is 1. The van der Waals surface area contributed by atoms with Crippen LogP contribution in [0.4, 0.5) is 0 Å². The van der Waals surface area contributed by atoms with E-state index in [4.69, 9.17) is 18.9 Å². The molecular weight excluding hydrogens is 208 g/mol. The zero-order valence-electron chi connectivity index (χ0n) is 9.49. The SMILES string of the molecule is [CH2]c1c(OC)cc(OC)cc1OCC1CO1. The summed E-state index contributed by atoms with van der Waals surface area (Å²) in [6.07, 6.45) is 0.219. The van der Waals surface area contributed by atoms with Crippen molar-refractivity contribution in [1.29, 1.82) is 0 Å². The molecule has 0 aliphatic carbocycles. The second-order valence-corrected chi connectivity index (χ2v) is 3.57. The molecule has 0 amide bonds. The van der Waals surface area contributed by atoms with Gasteiger partial charge in [0.1, 0.15) is 30.0 Å². The van der Waals surface area contributed by atoms with E-state index in [-0.39, 0.29) is 6.10 Å². The molecule has 1 aliphatic rings. The Bertz CT molecular complexity index is 372. The molecule has 0 spiro atoms. The van der Waals surface area contributed by atoms with Gasteiger partial charge in [0.2, 0.25) is 0 Å². The number of epoxide rings is 1. The summed E-state index contributed by atoms with van der Waals surface area (Å²) in [5.74, 6) is 2.02. The highest BCUT2D eigenvalue weighted by Gasteiger charge is 2.23. The molecule has 16 heavy (non-hydrogen) atoms. The van der Waals surface area contributed by atoms with Gasteiger partial charge in [-0.05, 0) is 6.92 Å². The molecule has 0 N–H and O–H groups in total. The van der Waals surface area contributed by atoms with Gasteiger partial charge < -0.3 is 18.9 Å². The van der Waals surface area contributed by atoms with E-state index in [0.29, 0.717) is 23.9 Å². The van der Waals surface area contributed by atoms with E-state index in [9.17, 15) is 0 Å². The summed E-state index contributed by atoms with van der Waals surface area (Å²) < 4.78 is 21.0. The van der Waals surface area contributed by atoms with Crippen LogP contribution in [0.5, 0.6) is 17.2 Å². The molecule has 1 aromatic carbocycles. The van der Waals surface area contributed by atoms with Gasteiger partial charge in [0.05, 0.1) is 20.8 Å². The van der Waals surface area contributed by atoms with Gasteiger partial charge in [-0.15, -0.1) is 0 Å². The molecule has 1 atom stereocenters. The lowest BCUT2D eigenvalue weighted by atomic mass is 10.2. The minimum Gasteiger partial charge on any atom is -0.496 e. The zero-order chi connectivity index (χ0) is 11.5. The Morgan fingerprint density at radius 1 is 1.31 bits per heavy atom. The van der Waals surface area contributed by atoms with Crippen LogP contribution < -0.4 is 14.2 Å². The summed E-state index contributed by atoms with van der Waals surface area (Å²) in [7, 11) is 3.20. The van der Waals surface area contributed by atoms with Crippen LogP contribution in [0, 0.1) is 6.92 Å². The fraction of sp³-hybridized carbons (Fsp3) is 0.417. The summed E-state index contributed by atoms with van der Waals surface area (Å²) in [5.41, 5.74) is 0.726. The molecule has 0 saturated carbocycles. The fourth-order valence-corrected chi connectivity index (χ4v) is 1.37. The molecule has 4 heteroatoms. The largest absolute Gasteiger partial charge is 0.496 e. The van der Waals surface area contributed by atoms with E-state index in [1.807, 2.05) is 0 Å². The first kappa shape index (κ1) is 11.1. The Morgan fingerprint density at radius 2 is 2.00 bits per heavy atom. The predicted octanol–water partition coefficient (Wildman–Crippen LogP) is 1.66. The van der Waals surface area contributed by atoms with Crippen molar-refractivity contribution in [2.24, 2.45) is 0 Å². The van der Waals surface area contributed by atoms with Gasteiger partial charge in [0.15, 0.2) is 0 Å². The van der Waals surface area contributed by atoms with E-state index in [2.05, 4.69) is 6.92 Å². The van der Waals surface area contributed by atoms with Crippen LogP contribution in [0.2, 0.25) is 0 Å². The van der Waals surface area contributed by atoms with Crippen LogP contribution in [0.1, 0.15) is 5.56 Å². The molecule has 0 aromatic heterocycles. The van der Waals surface area contributed by atoms with E-state index in [1.165, 1.54) is 0 Å². The Balaban J connectivity index is 2.18. The van der Waals surface area contributed by atoms with Crippen LogP contribution in [0.3, 0.4) is 0 Å². The van der Waals surface area contributed by atoms with Crippen molar-refractivity contribution >= 4 is 0 Å². The third-order valence-corrected chi connectivity index (χ3v) is 2.42. The molecule has 1 heterocycles. The van der Waals surface area contributed by atoms with Crippen LogP contribution in [0.25, 0.3) is 0 Å². The van der Waals surface area contributed by atoms with Gasteiger partial charge in [-0.2, -0.15) is 0 Å². The number of methoxy groups -OCH3 is 2. The summed E-state index contributed by atoms with van der Waals surface area (Å²) in [6.45, 7) is 5.23. The average molecular weight is 223 g/mol. The lowest BCUT2D eigenvalue weighted by Crippen LogP contribution is -2.05. The molecule has 1 aliphatic heterocycles. The van der Waals surface area contributed by atoms with Crippen molar-refractivity contribution in [2.75, 3.05) is 27.4 Å². The first-order valence-corrected chi connectivity index (χ1v) is 5.07. The maximum absolute atomic E-state index is 5.60. The third-order valence-electron chi connectivity index (χ3n) is 2.42. The summed E-state index contributed by atoms with van der Waals surface area (Å²) >= 11 is 0. The summed E-state index contributed by atoms with van der Waals surface area (Å²) in [6, 6.07) is 3.58. The van der Waals surface area contributed by atoms with Crippen LogP contribution in [-0.4, -0.2) is 33.5 Å². The first-order valence-electron chi connectivity index (χ1n) is 5.07. The second-order valence-electron chi connectivity index (χ2n) is 3.57. The zero-order valence-corrected chi connectivity index (χ0v) is 9.49. The highest BCUT2D eigenvalue weighted by molar-refractivity contribution is 5.52. The normalized spacial score (nSPS) is 18.1. The summed E-state index contributed by atoms with van der Waals surface area (Å²) in [4.78, 5) is 0. The first-order chi connectivity index (χ1) is 7.74. The fourth-order valence-electron chi connectivity index (χ4n) is 1.37. The Kier molecular flexibility index (Phi) is 3.19. The van der Waals surface area contributed by atoms with Gasteiger partial charge in [0, 0.05) is 17.7 Å². The molecule has 1 saturated heterocycles. The monoisotopic (exact) mass is 223 g/mol. The highest BCUT2D eigenvalue weighted by atomic mass is 16.6. The number of hydrogen-bond donors (Lipinski definition) is 0. The summed E-state index contributed by atoms with van der Waals surface area (Å²) in [5, 5.41) is 0. The lowest BCUT2D eigenvalue weighted by molar-refractivity contribution is 0.259. The minimum absolute atomic E-state index is 0.219. The van der Waals surface area contributed by atoms with E-state index < -0.39 is 0 Å². The van der Waals surface area contributed by atoms with Gasteiger partial charge >= 0.3 is 0 Å². The van der Waals surface area contributed by atoms with Gasteiger partial charge in [-0.3, -0.25) is 0 Å². The quantitative estimate of drug-likeness (QED) is 0.712. The predicted molar refractivity (Wildman–Crippen MR) is 59.2 cm³/mol. The lowest BCUT2D eigenvalue weighted by Gasteiger charge is -2.13. The minimum atomic E-state index is 0.219. The molecule has 1 fully saturated rings. The van der Waals surface area contributed by atoms with Crippen molar-refractivity contribution in [1.82, 2.24) is 0 Å². The number of hydrogen-bond acceptors (Lipinski definition) is 4. The van der Waals surface area contributed by atoms with Gasteiger partial charge in [-0.25, -0.2) is 0 Å². The van der Waals surface area contributed by atoms with Crippen molar-refractivity contribution in [2.45, 2.75) is 6.10 Å². The Morgan fingerprint density at radius 3 is 2.56 bits per heavy atom. The molecule has 1 aromatic rings. The number of rotatable bonds is 5. The number of ether oxygens (including phenoxy) is 4. The van der Waals surface area contributed by atoms with E-state index in [1.54, 1.807) is 26.4 Å². The van der Waals surface area contributed by atoms with Crippen LogP contribution in [-0.2, 0) is 4.74 Å². The van der Waals surface area contributed by atoms with Crippen molar-refractivity contribution in [3.8, 4) is 17.2 Å². The van der Waals surface area contributed by atoms with Crippen LogP contribution in [0.15, 0.2) is 12.1 Å². The van der Waals surface area contributed by atoms with Crippen molar-refractivity contribution < 1.29 is 18.9 Å². The van der Waals surface area contributed by atoms with E-state index >= 15 is 0 Å². The highest BCUT2D eigenvalue weighted by Crippen LogP contribution is 2.33. The molecule has 1 unspecified atom stereocenters. The molecule has 0 bridgehead atoms. The molecule has 2 rings (SSSR count). The maximum Gasteiger partial charge on any atom is 0.130 e. The van der Waals surface area contributed by atoms with Gasteiger partial charge in [0.25, 0.3) is 0 Å².